The predicted molar refractivity (Wildman–Crippen MR) is 63.3 cm³/mol. The average Bonchev–Trinajstić information content (AvgIpc) is 2.11. The van der Waals surface area contributed by atoms with Gasteiger partial charge in [-0.2, -0.15) is 0 Å². The van der Waals surface area contributed by atoms with E-state index in [0.29, 0.717) is 12.2 Å². The van der Waals surface area contributed by atoms with Crippen molar-refractivity contribution in [3.05, 3.63) is 11.6 Å². The van der Waals surface area contributed by atoms with Gasteiger partial charge in [-0.15, -0.1) is 5.16 Å². The zero-order chi connectivity index (χ0) is 11.9. The standard InChI is InChI=1S/C10H19NO3Si/c1-6-13-10(12)9(2)7-8-11-14-15(3,4)5/h7-8H,6H2,1-5H3/b9-7+,11-8-. The number of carbonyl (C=O) groups is 1. The van der Waals surface area contributed by atoms with Gasteiger partial charge >= 0.3 is 5.97 Å². The smallest absolute Gasteiger partial charge is 0.333 e. The Balaban J connectivity index is 4.10. The molecule has 0 saturated heterocycles. The van der Waals surface area contributed by atoms with Crippen LogP contribution in [0.3, 0.4) is 0 Å². The van der Waals surface area contributed by atoms with Crippen LogP contribution < -0.4 is 0 Å². The number of nitrogens with zero attached hydrogens (tertiary/aromatic N) is 1. The van der Waals surface area contributed by atoms with Crippen LogP contribution in [0.2, 0.25) is 19.6 Å². The van der Waals surface area contributed by atoms with Gasteiger partial charge in [0.15, 0.2) is 0 Å². The molecular formula is C10H19NO3Si. The fourth-order valence-electron chi connectivity index (χ4n) is 0.644. The number of hydrogen-bond donors (Lipinski definition) is 0. The lowest BCUT2D eigenvalue weighted by molar-refractivity contribution is -0.138. The predicted octanol–water partition coefficient (Wildman–Crippen LogP) is 2.33. The summed E-state index contributed by atoms with van der Waals surface area (Å²) in [7, 11) is -1.61. The SMILES string of the molecule is CCOC(=O)/C(C)=C/C=N\O[Si](C)(C)C. The summed E-state index contributed by atoms with van der Waals surface area (Å²) in [6, 6.07) is 0. The Bertz CT molecular complexity index is 266. The van der Waals surface area contributed by atoms with Gasteiger partial charge in [-0.05, 0) is 39.6 Å². The summed E-state index contributed by atoms with van der Waals surface area (Å²) in [5.74, 6) is -0.322. The van der Waals surface area contributed by atoms with Gasteiger partial charge in [0.05, 0.1) is 12.8 Å². The molecule has 0 amide bonds. The van der Waals surface area contributed by atoms with Crippen molar-refractivity contribution < 1.29 is 14.1 Å². The maximum Gasteiger partial charge on any atom is 0.333 e. The molecule has 5 heteroatoms. The second-order valence-corrected chi connectivity index (χ2v) is 8.44. The van der Waals surface area contributed by atoms with E-state index in [1.165, 1.54) is 6.21 Å². The molecule has 0 aliphatic heterocycles. The van der Waals surface area contributed by atoms with Crippen LogP contribution in [-0.2, 0) is 14.1 Å². The van der Waals surface area contributed by atoms with Crippen molar-refractivity contribution in [3.63, 3.8) is 0 Å². The minimum absolute atomic E-state index is 0.322. The third kappa shape index (κ3) is 7.93. The molecule has 86 valence electrons. The third-order valence-electron chi connectivity index (χ3n) is 1.31. The highest BCUT2D eigenvalue weighted by Gasteiger charge is 2.15. The Morgan fingerprint density at radius 1 is 1.40 bits per heavy atom. The molecule has 0 heterocycles. The van der Waals surface area contributed by atoms with Gasteiger partial charge in [-0.1, -0.05) is 0 Å². The zero-order valence-electron chi connectivity index (χ0n) is 10.0. The van der Waals surface area contributed by atoms with Gasteiger partial charge in [0.1, 0.15) is 0 Å². The van der Waals surface area contributed by atoms with Crippen molar-refractivity contribution in [2.24, 2.45) is 5.16 Å². The van der Waals surface area contributed by atoms with E-state index >= 15 is 0 Å². The van der Waals surface area contributed by atoms with Gasteiger partial charge in [0.2, 0.25) is 0 Å². The summed E-state index contributed by atoms with van der Waals surface area (Å²) >= 11 is 0. The van der Waals surface area contributed by atoms with E-state index in [0.717, 1.165) is 0 Å². The number of allylic oxidation sites excluding steroid dienone is 1. The highest BCUT2D eigenvalue weighted by Crippen LogP contribution is 2.02. The molecule has 0 N–H and O–H groups in total. The number of carbonyl (C=O) groups excluding carboxylic acids is 1. The van der Waals surface area contributed by atoms with E-state index in [-0.39, 0.29) is 5.97 Å². The lowest BCUT2D eigenvalue weighted by atomic mass is 10.3. The number of oxime groups is 1. The summed E-state index contributed by atoms with van der Waals surface area (Å²) in [5.41, 5.74) is 0.514. The molecule has 0 radical (unpaired) electrons. The summed E-state index contributed by atoms with van der Waals surface area (Å²) in [6.45, 7) is 9.93. The number of rotatable bonds is 5. The molecule has 0 spiro atoms. The second-order valence-electron chi connectivity index (χ2n) is 4.03. The molecule has 0 aliphatic carbocycles. The Labute approximate surface area is 92.1 Å². The van der Waals surface area contributed by atoms with Crippen LogP contribution in [0, 0.1) is 0 Å². The lowest BCUT2D eigenvalue weighted by Gasteiger charge is -2.11. The van der Waals surface area contributed by atoms with E-state index in [4.69, 9.17) is 9.26 Å². The Hall–Kier alpha value is -1.10. The quantitative estimate of drug-likeness (QED) is 0.239. The Kier molecular flexibility index (Phi) is 5.92. The van der Waals surface area contributed by atoms with Crippen molar-refractivity contribution in [2.45, 2.75) is 33.5 Å². The molecule has 0 aromatic heterocycles. The molecule has 0 aromatic carbocycles. The number of esters is 1. The fraction of sp³-hybridized carbons (Fsp3) is 0.600. The van der Waals surface area contributed by atoms with E-state index in [1.807, 2.05) is 19.6 Å². The largest absolute Gasteiger partial charge is 0.463 e. The zero-order valence-corrected chi connectivity index (χ0v) is 11.0. The van der Waals surface area contributed by atoms with Crippen LogP contribution in [-0.4, -0.2) is 27.1 Å². The molecule has 4 nitrogen and oxygen atoms in total. The van der Waals surface area contributed by atoms with Gasteiger partial charge in [0.25, 0.3) is 8.32 Å². The van der Waals surface area contributed by atoms with Crippen LogP contribution in [0.1, 0.15) is 13.8 Å². The third-order valence-corrected chi connectivity index (χ3v) is 1.96. The maximum atomic E-state index is 11.1. The summed E-state index contributed by atoms with van der Waals surface area (Å²) in [5, 5.41) is 3.78. The highest BCUT2D eigenvalue weighted by molar-refractivity contribution is 6.69. The first-order valence-corrected chi connectivity index (χ1v) is 8.33. The molecule has 0 aromatic rings. The summed E-state index contributed by atoms with van der Waals surface area (Å²) < 4.78 is 10.0. The molecule has 0 saturated carbocycles. The average molecular weight is 229 g/mol. The van der Waals surface area contributed by atoms with E-state index in [2.05, 4.69) is 5.16 Å². The highest BCUT2D eigenvalue weighted by atomic mass is 28.4. The van der Waals surface area contributed by atoms with Gasteiger partial charge in [-0.3, -0.25) is 0 Å². The van der Waals surface area contributed by atoms with Crippen LogP contribution in [0.4, 0.5) is 0 Å². The van der Waals surface area contributed by atoms with Crippen molar-refractivity contribution in [1.82, 2.24) is 0 Å². The van der Waals surface area contributed by atoms with Gasteiger partial charge < -0.3 is 9.26 Å². The first-order valence-electron chi connectivity index (χ1n) is 4.92. The molecule has 15 heavy (non-hydrogen) atoms. The summed E-state index contributed by atoms with van der Waals surface area (Å²) in [4.78, 5) is 11.1. The van der Waals surface area contributed by atoms with Crippen LogP contribution >= 0.6 is 0 Å². The molecule has 0 unspecified atom stereocenters. The van der Waals surface area contributed by atoms with E-state index < -0.39 is 8.32 Å². The van der Waals surface area contributed by atoms with E-state index in [1.54, 1.807) is 19.9 Å². The Morgan fingerprint density at radius 2 is 2.00 bits per heavy atom. The first-order chi connectivity index (χ1) is 6.87. The van der Waals surface area contributed by atoms with Gasteiger partial charge in [-0.25, -0.2) is 4.79 Å². The lowest BCUT2D eigenvalue weighted by Crippen LogP contribution is -2.22. The molecular weight excluding hydrogens is 210 g/mol. The maximum absolute atomic E-state index is 11.1. The summed E-state index contributed by atoms with van der Waals surface area (Å²) in [6.07, 6.45) is 3.06. The van der Waals surface area contributed by atoms with Gasteiger partial charge in [0, 0.05) is 5.57 Å². The number of hydrogen-bond acceptors (Lipinski definition) is 4. The monoisotopic (exact) mass is 229 g/mol. The Morgan fingerprint density at radius 3 is 2.47 bits per heavy atom. The second kappa shape index (κ2) is 6.39. The van der Waals surface area contributed by atoms with Crippen molar-refractivity contribution in [1.29, 1.82) is 0 Å². The molecule has 0 atom stereocenters. The molecule has 0 rings (SSSR count). The topological polar surface area (TPSA) is 47.9 Å². The normalized spacial score (nSPS) is 13.0. The first kappa shape index (κ1) is 13.9. The minimum Gasteiger partial charge on any atom is -0.463 e. The molecule has 0 bridgehead atoms. The fourth-order valence-corrected chi connectivity index (χ4v) is 1.02. The number of ether oxygens (including phenoxy) is 1. The minimum atomic E-state index is -1.61. The van der Waals surface area contributed by atoms with Crippen molar-refractivity contribution in [3.8, 4) is 0 Å². The molecule has 0 fully saturated rings. The van der Waals surface area contributed by atoms with Crippen molar-refractivity contribution >= 4 is 20.5 Å². The van der Waals surface area contributed by atoms with Crippen LogP contribution in [0.5, 0.6) is 0 Å². The molecule has 0 aliphatic rings. The van der Waals surface area contributed by atoms with Crippen molar-refractivity contribution in [2.75, 3.05) is 6.61 Å². The van der Waals surface area contributed by atoms with Crippen LogP contribution in [0.25, 0.3) is 0 Å². The van der Waals surface area contributed by atoms with Crippen LogP contribution in [0.15, 0.2) is 16.8 Å². The van der Waals surface area contributed by atoms with E-state index in [9.17, 15) is 4.79 Å².